The van der Waals surface area contributed by atoms with E-state index in [0.29, 0.717) is 16.4 Å². The maximum Gasteiger partial charge on any atom is 0.129 e. The van der Waals surface area contributed by atoms with Gasteiger partial charge in [-0.15, -0.1) is 0 Å². The summed E-state index contributed by atoms with van der Waals surface area (Å²) in [5.41, 5.74) is 6.20. The Morgan fingerprint density at radius 3 is 2.74 bits per heavy atom. The molecule has 0 amide bonds. The van der Waals surface area contributed by atoms with Crippen LogP contribution in [0.2, 0.25) is 5.02 Å². The first-order chi connectivity index (χ1) is 8.99. The predicted octanol–water partition coefficient (Wildman–Crippen LogP) is 2.62. The number of likely N-dealkylation sites (tertiary alicyclic amines) is 1. The van der Waals surface area contributed by atoms with Crippen LogP contribution in [-0.2, 0) is 0 Å². The summed E-state index contributed by atoms with van der Waals surface area (Å²) in [5.74, 6) is 0.357. The number of anilines is 1. The number of aliphatic hydroxyl groups is 1. The zero-order valence-electron chi connectivity index (χ0n) is 11.6. The lowest BCUT2D eigenvalue weighted by molar-refractivity contribution is -0.0137. The van der Waals surface area contributed by atoms with Crippen molar-refractivity contribution in [2.75, 3.05) is 18.8 Å². The minimum absolute atomic E-state index is 0.322. The molecular weight excluding hydrogens is 262 g/mol. The summed E-state index contributed by atoms with van der Waals surface area (Å²) in [6, 6.07) is 1.72. The molecular formula is C14H22ClN3O. The summed E-state index contributed by atoms with van der Waals surface area (Å²) in [4.78, 5) is 6.39. The first kappa shape index (κ1) is 14.6. The van der Waals surface area contributed by atoms with Crippen LogP contribution in [0.25, 0.3) is 0 Å². The Balaban J connectivity index is 2.34. The molecule has 2 rings (SSSR count). The SMILES string of the molecule is CCC(C)(C(O)c1cc(Cl)cnc1N)N1CCCC1. The van der Waals surface area contributed by atoms with E-state index >= 15 is 0 Å². The number of nitrogen functional groups attached to an aromatic ring is 1. The van der Waals surface area contributed by atoms with Crippen molar-refractivity contribution in [3.63, 3.8) is 0 Å². The van der Waals surface area contributed by atoms with Crippen LogP contribution in [0.4, 0.5) is 5.82 Å². The zero-order valence-corrected chi connectivity index (χ0v) is 12.3. The highest BCUT2D eigenvalue weighted by atomic mass is 35.5. The van der Waals surface area contributed by atoms with Crippen LogP contribution in [-0.4, -0.2) is 33.6 Å². The number of aliphatic hydroxyl groups excluding tert-OH is 1. The van der Waals surface area contributed by atoms with Gasteiger partial charge >= 0.3 is 0 Å². The van der Waals surface area contributed by atoms with E-state index in [1.54, 1.807) is 6.07 Å². The Hall–Kier alpha value is -0.840. The number of pyridine rings is 1. The molecule has 0 saturated carbocycles. The first-order valence-electron chi connectivity index (χ1n) is 6.83. The van der Waals surface area contributed by atoms with E-state index in [0.717, 1.165) is 19.5 Å². The van der Waals surface area contributed by atoms with Gasteiger partial charge < -0.3 is 10.8 Å². The third-order valence-corrected chi connectivity index (χ3v) is 4.55. The Bertz CT molecular complexity index is 448. The summed E-state index contributed by atoms with van der Waals surface area (Å²) in [7, 11) is 0. The summed E-state index contributed by atoms with van der Waals surface area (Å²) < 4.78 is 0. The second-order valence-corrected chi connectivity index (χ2v) is 5.87. The molecule has 1 fully saturated rings. The Morgan fingerprint density at radius 1 is 1.53 bits per heavy atom. The minimum atomic E-state index is -0.679. The predicted molar refractivity (Wildman–Crippen MR) is 78.1 cm³/mol. The van der Waals surface area contributed by atoms with Crippen LogP contribution in [0, 0.1) is 0 Å². The van der Waals surface area contributed by atoms with Crippen LogP contribution in [0.1, 0.15) is 44.8 Å². The second-order valence-electron chi connectivity index (χ2n) is 5.44. The third kappa shape index (κ3) is 2.71. The molecule has 1 aromatic heterocycles. The molecule has 4 nitrogen and oxygen atoms in total. The van der Waals surface area contributed by atoms with Gasteiger partial charge in [0.25, 0.3) is 0 Å². The van der Waals surface area contributed by atoms with Gasteiger partial charge in [0.15, 0.2) is 0 Å². The summed E-state index contributed by atoms with van der Waals surface area (Å²) in [5, 5.41) is 11.3. The molecule has 2 heterocycles. The largest absolute Gasteiger partial charge is 0.386 e. The topological polar surface area (TPSA) is 62.4 Å². The smallest absolute Gasteiger partial charge is 0.129 e. The molecule has 0 spiro atoms. The van der Waals surface area contributed by atoms with E-state index in [2.05, 4.69) is 23.7 Å². The van der Waals surface area contributed by atoms with E-state index in [1.807, 2.05) is 0 Å². The molecule has 106 valence electrons. The van der Waals surface area contributed by atoms with Crippen LogP contribution in [0.5, 0.6) is 0 Å². The van der Waals surface area contributed by atoms with Crippen molar-refractivity contribution in [1.82, 2.24) is 9.88 Å². The molecule has 2 atom stereocenters. The monoisotopic (exact) mass is 283 g/mol. The lowest BCUT2D eigenvalue weighted by Crippen LogP contribution is -2.49. The molecule has 19 heavy (non-hydrogen) atoms. The van der Waals surface area contributed by atoms with E-state index in [4.69, 9.17) is 17.3 Å². The maximum atomic E-state index is 10.8. The van der Waals surface area contributed by atoms with Gasteiger partial charge in [-0.25, -0.2) is 4.98 Å². The molecule has 1 aliphatic rings. The van der Waals surface area contributed by atoms with Crippen molar-refractivity contribution in [3.8, 4) is 0 Å². The van der Waals surface area contributed by atoms with Gasteiger partial charge in [0.05, 0.1) is 5.02 Å². The molecule has 3 N–H and O–H groups in total. The Labute approximate surface area is 119 Å². The number of hydrogen-bond donors (Lipinski definition) is 2. The number of halogens is 1. The van der Waals surface area contributed by atoms with Gasteiger partial charge in [0, 0.05) is 17.3 Å². The van der Waals surface area contributed by atoms with E-state index in [9.17, 15) is 5.11 Å². The van der Waals surface area contributed by atoms with Crippen LogP contribution < -0.4 is 5.73 Å². The molecule has 0 bridgehead atoms. The van der Waals surface area contributed by atoms with Crippen molar-refractivity contribution in [2.24, 2.45) is 0 Å². The van der Waals surface area contributed by atoms with Gasteiger partial charge in [0.2, 0.25) is 0 Å². The molecule has 1 aliphatic heterocycles. The highest BCUT2D eigenvalue weighted by Gasteiger charge is 2.40. The molecule has 0 aliphatic carbocycles. The second kappa shape index (κ2) is 5.65. The molecule has 0 radical (unpaired) electrons. The fraction of sp³-hybridized carbons (Fsp3) is 0.643. The summed E-state index contributed by atoms with van der Waals surface area (Å²) in [6.45, 7) is 6.23. The highest BCUT2D eigenvalue weighted by Crippen LogP contribution is 2.38. The number of nitrogens with two attached hydrogens (primary N) is 1. The highest BCUT2D eigenvalue weighted by molar-refractivity contribution is 6.30. The van der Waals surface area contributed by atoms with Crippen molar-refractivity contribution < 1.29 is 5.11 Å². The lowest BCUT2D eigenvalue weighted by atomic mass is 9.85. The van der Waals surface area contributed by atoms with Crippen molar-refractivity contribution in [3.05, 3.63) is 22.8 Å². The number of nitrogens with zero attached hydrogens (tertiary/aromatic N) is 2. The lowest BCUT2D eigenvalue weighted by Gasteiger charge is -2.42. The maximum absolute atomic E-state index is 10.8. The van der Waals surface area contributed by atoms with E-state index in [-0.39, 0.29) is 5.54 Å². The standard InChI is InChI=1S/C14H22ClN3O/c1-3-14(2,18-6-4-5-7-18)12(19)11-8-10(15)9-17-13(11)16/h8-9,12,19H,3-7H2,1-2H3,(H2,16,17). The molecule has 5 heteroatoms. The fourth-order valence-corrected chi connectivity index (χ4v) is 3.00. The molecule has 1 aromatic rings. The number of aromatic nitrogens is 1. The fourth-order valence-electron chi connectivity index (χ4n) is 2.84. The summed E-state index contributed by atoms with van der Waals surface area (Å²) in [6.07, 6.45) is 4.05. The van der Waals surface area contributed by atoms with Crippen molar-refractivity contribution >= 4 is 17.4 Å². The first-order valence-corrected chi connectivity index (χ1v) is 7.21. The van der Waals surface area contributed by atoms with Gasteiger partial charge in [-0.3, -0.25) is 4.90 Å². The number of rotatable bonds is 4. The van der Waals surface area contributed by atoms with Gasteiger partial charge in [-0.1, -0.05) is 18.5 Å². The molecule has 2 unspecified atom stereocenters. The van der Waals surface area contributed by atoms with Gasteiger partial charge in [-0.05, 0) is 45.3 Å². The average Bonchev–Trinajstić information content (AvgIpc) is 2.94. The van der Waals surface area contributed by atoms with Gasteiger partial charge in [-0.2, -0.15) is 0 Å². The Morgan fingerprint density at radius 2 is 2.16 bits per heavy atom. The van der Waals surface area contributed by atoms with E-state index < -0.39 is 6.10 Å². The quantitative estimate of drug-likeness (QED) is 0.892. The minimum Gasteiger partial charge on any atom is -0.386 e. The molecule has 0 aromatic carbocycles. The third-order valence-electron chi connectivity index (χ3n) is 4.34. The number of hydrogen-bond acceptors (Lipinski definition) is 4. The van der Waals surface area contributed by atoms with Crippen molar-refractivity contribution in [1.29, 1.82) is 0 Å². The van der Waals surface area contributed by atoms with Crippen LogP contribution in [0.15, 0.2) is 12.3 Å². The van der Waals surface area contributed by atoms with Crippen molar-refractivity contribution in [2.45, 2.75) is 44.8 Å². The Kier molecular flexibility index (Phi) is 4.33. The van der Waals surface area contributed by atoms with Crippen LogP contribution in [0.3, 0.4) is 0 Å². The summed E-state index contributed by atoms with van der Waals surface area (Å²) >= 11 is 5.97. The molecule has 1 saturated heterocycles. The van der Waals surface area contributed by atoms with Crippen LogP contribution >= 0.6 is 11.6 Å². The average molecular weight is 284 g/mol. The normalized spacial score (nSPS) is 21.3. The van der Waals surface area contributed by atoms with E-state index in [1.165, 1.54) is 19.0 Å². The van der Waals surface area contributed by atoms with Gasteiger partial charge in [0.1, 0.15) is 11.9 Å². The zero-order chi connectivity index (χ0) is 14.0.